The fourth-order valence-electron chi connectivity index (χ4n) is 1.38. The Morgan fingerprint density at radius 3 is 2.62 bits per heavy atom. The summed E-state index contributed by atoms with van der Waals surface area (Å²) < 4.78 is 0. The molecule has 0 aromatic carbocycles. The first-order valence-electron chi connectivity index (χ1n) is 4.80. The second-order valence-electron chi connectivity index (χ2n) is 3.09. The molecule has 0 bridgehead atoms. The van der Waals surface area contributed by atoms with E-state index in [9.17, 15) is 0 Å². The summed E-state index contributed by atoms with van der Waals surface area (Å²) in [4.78, 5) is 0. The Kier molecular flexibility index (Phi) is 4.50. The van der Waals surface area contributed by atoms with Gasteiger partial charge >= 0.3 is 0 Å². The van der Waals surface area contributed by atoms with E-state index in [1.807, 2.05) is 25.2 Å². The molecule has 1 rings (SSSR count). The minimum absolute atomic E-state index is 0.280. The second kappa shape index (κ2) is 5.73. The van der Waals surface area contributed by atoms with E-state index >= 15 is 0 Å². The minimum atomic E-state index is 0.280. The zero-order valence-corrected chi connectivity index (χ0v) is 8.22. The topological polar surface area (TPSA) is 24.1 Å². The van der Waals surface area contributed by atoms with Gasteiger partial charge in [0.25, 0.3) is 0 Å². The van der Waals surface area contributed by atoms with Gasteiger partial charge in [0, 0.05) is 0 Å². The molecule has 0 aromatic heterocycles. The number of rotatable bonds is 3. The van der Waals surface area contributed by atoms with Gasteiger partial charge in [0.05, 0.1) is 6.17 Å². The predicted octanol–water partition coefficient (Wildman–Crippen LogP) is 1.58. The highest BCUT2D eigenvalue weighted by atomic mass is 15.1. The predicted molar refractivity (Wildman–Crippen MR) is 57.5 cm³/mol. The van der Waals surface area contributed by atoms with Crippen LogP contribution < -0.4 is 10.6 Å². The van der Waals surface area contributed by atoms with Gasteiger partial charge < -0.3 is 0 Å². The van der Waals surface area contributed by atoms with Crippen molar-refractivity contribution >= 4 is 0 Å². The standard InChI is InChI=1S/C11H18N2/c1-3-5-7-10(4-2)11-12-8-6-9-13-11/h3-5,7,11-13H,2,6,8-9H2,1H3/b5-3+,10-7+. The van der Waals surface area contributed by atoms with Crippen molar-refractivity contribution in [3.05, 3.63) is 36.5 Å². The zero-order chi connectivity index (χ0) is 9.52. The van der Waals surface area contributed by atoms with E-state index in [0.717, 1.165) is 13.1 Å². The molecular weight excluding hydrogens is 160 g/mol. The molecule has 2 nitrogen and oxygen atoms in total. The number of hydrogen-bond acceptors (Lipinski definition) is 2. The molecule has 1 heterocycles. The largest absolute Gasteiger partial charge is 0.298 e. The second-order valence-corrected chi connectivity index (χ2v) is 3.09. The third kappa shape index (κ3) is 3.17. The molecule has 1 saturated heterocycles. The fourth-order valence-corrected chi connectivity index (χ4v) is 1.38. The SMILES string of the molecule is C=C/C(=C\C=C\C)C1NCCCN1. The lowest BCUT2D eigenvalue weighted by Gasteiger charge is -2.25. The zero-order valence-electron chi connectivity index (χ0n) is 8.22. The van der Waals surface area contributed by atoms with Crippen LogP contribution in [0.5, 0.6) is 0 Å². The van der Waals surface area contributed by atoms with Crippen LogP contribution in [0.4, 0.5) is 0 Å². The van der Waals surface area contributed by atoms with Crippen molar-refractivity contribution in [2.45, 2.75) is 19.5 Å². The fraction of sp³-hybridized carbons (Fsp3) is 0.455. The lowest BCUT2D eigenvalue weighted by molar-refractivity contribution is 0.414. The van der Waals surface area contributed by atoms with Crippen LogP contribution in [0.25, 0.3) is 0 Å². The molecule has 1 aliphatic heterocycles. The third-order valence-corrected chi connectivity index (χ3v) is 2.10. The molecule has 0 aliphatic carbocycles. The number of nitrogens with one attached hydrogen (secondary N) is 2. The van der Waals surface area contributed by atoms with Crippen molar-refractivity contribution in [1.29, 1.82) is 0 Å². The summed E-state index contributed by atoms with van der Waals surface area (Å²) in [5.74, 6) is 0. The van der Waals surface area contributed by atoms with E-state index < -0.39 is 0 Å². The maximum atomic E-state index is 3.81. The third-order valence-electron chi connectivity index (χ3n) is 2.10. The van der Waals surface area contributed by atoms with E-state index in [4.69, 9.17) is 0 Å². The van der Waals surface area contributed by atoms with Gasteiger partial charge in [0.1, 0.15) is 0 Å². The van der Waals surface area contributed by atoms with E-state index in [0.29, 0.717) is 0 Å². The summed E-state index contributed by atoms with van der Waals surface area (Å²) in [6.07, 6.45) is 9.52. The lowest BCUT2D eigenvalue weighted by atomic mass is 10.1. The first kappa shape index (κ1) is 10.2. The Labute approximate surface area is 80.4 Å². The maximum Gasteiger partial charge on any atom is 0.0835 e. The first-order chi connectivity index (χ1) is 6.38. The van der Waals surface area contributed by atoms with Crippen LogP contribution in [0.3, 0.4) is 0 Å². The summed E-state index contributed by atoms with van der Waals surface area (Å²) in [5.41, 5.74) is 1.21. The van der Waals surface area contributed by atoms with Crippen molar-refractivity contribution in [3.63, 3.8) is 0 Å². The average Bonchev–Trinajstić information content (AvgIpc) is 2.21. The van der Waals surface area contributed by atoms with Crippen LogP contribution >= 0.6 is 0 Å². The highest BCUT2D eigenvalue weighted by Crippen LogP contribution is 2.04. The molecule has 1 aliphatic rings. The van der Waals surface area contributed by atoms with Crippen LogP contribution in [0, 0.1) is 0 Å². The molecule has 0 unspecified atom stereocenters. The Bertz CT molecular complexity index is 210. The highest BCUT2D eigenvalue weighted by molar-refractivity contribution is 5.27. The van der Waals surface area contributed by atoms with Crippen LogP contribution in [0.2, 0.25) is 0 Å². The molecule has 0 amide bonds. The Morgan fingerprint density at radius 1 is 1.38 bits per heavy atom. The van der Waals surface area contributed by atoms with Gasteiger partial charge in [0.2, 0.25) is 0 Å². The van der Waals surface area contributed by atoms with Gasteiger partial charge in [-0.05, 0) is 32.0 Å². The minimum Gasteiger partial charge on any atom is -0.298 e. The summed E-state index contributed by atoms with van der Waals surface area (Å²) in [5, 5.41) is 6.79. The molecule has 13 heavy (non-hydrogen) atoms. The van der Waals surface area contributed by atoms with Crippen molar-refractivity contribution in [3.8, 4) is 0 Å². The monoisotopic (exact) mass is 178 g/mol. The molecule has 0 aromatic rings. The van der Waals surface area contributed by atoms with Gasteiger partial charge in [-0.3, -0.25) is 10.6 Å². The molecule has 0 radical (unpaired) electrons. The molecule has 0 atom stereocenters. The molecular formula is C11H18N2. The van der Waals surface area contributed by atoms with E-state index in [-0.39, 0.29) is 6.17 Å². The summed E-state index contributed by atoms with van der Waals surface area (Å²) in [6.45, 7) is 7.98. The van der Waals surface area contributed by atoms with E-state index in [1.54, 1.807) is 0 Å². The number of hydrogen-bond donors (Lipinski definition) is 2. The summed E-state index contributed by atoms with van der Waals surface area (Å²) in [6, 6.07) is 0. The van der Waals surface area contributed by atoms with Crippen molar-refractivity contribution in [2.75, 3.05) is 13.1 Å². The molecule has 0 spiro atoms. The normalized spacial score (nSPS) is 20.8. The Hall–Kier alpha value is -0.860. The first-order valence-corrected chi connectivity index (χ1v) is 4.80. The smallest absolute Gasteiger partial charge is 0.0835 e. The van der Waals surface area contributed by atoms with Crippen LogP contribution in [0.1, 0.15) is 13.3 Å². The van der Waals surface area contributed by atoms with Gasteiger partial charge in [-0.15, -0.1) is 0 Å². The summed E-state index contributed by atoms with van der Waals surface area (Å²) in [7, 11) is 0. The maximum absolute atomic E-state index is 3.81. The van der Waals surface area contributed by atoms with Crippen LogP contribution in [-0.4, -0.2) is 19.3 Å². The molecule has 2 N–H and O–H groups in total. The van der Waals surface area contributed by atoms with Crippen molar-refractivity contribution in [2.24, 2.45) is 0 Å². The highest BCUT2D eigenvalue weighted by Gasteiger charge is 2.12. The van der Waals surface area contributed by atoms with E-state index in [2.05, 4.69) is 23.3 Å². The van der Waals surface area contributed by atoms with Crippen LogP contribution in [-0.2, 0) is 0 Å². The molecule has 2 heteroatoms. The molecule has 72 valence electrons. The quantitative estimate of drug-likeness (QED) is 0.641. The van der Waals surface area contributed by atoms with Crippen molar-refractivity contribution in [1.82, 2.24) is 10.6 Å². The van der Waals surface area contributed by atoms with Crippen molar-refractivity contribution < 1.29 is 0 Å². The Balaban J connectivity index is 2.58. The Morgan fingerprint density at radius 2 is 2.08 bits per heavy atom. The number of allylic oxidation sites excluding steroid dienone is 3. The van der Waals surface area contributed by atoms with Crippen LogP contribution in [0.15, 0.2) is 36.5 Å². The molecule has 1 fully saturated rings. The van der Waals surface area contributed by atoms with Gasteiger partial charge in [0.15, 0.2) is 0 Å². The molecule has 0 saturated carbocycles. The summed E-state index contributed by atoms with van der Waals surface area (Å²) >= 11 is 0. The van der Waals surface area contributed by atoms with Gasteiger partial charge in [-0.25, -0.2) is 0 Å². The average molecular weight is 178 g/mol. The van der Waals surface area contributed by atoms with Gasteiger partial charge in [-0.1, -0.05) is 30.9 Å². The van der Waals surface area contributed by atoms with E-state index in [1.165, 1.54) is 12.0 Å². The lowest BCUT2D eigenvalue weighted by Crippen LogP contribution is -2.49. The van der Waals surface area contributed by atoms with Gasteiger partial charge in [-0.2, -0.15) is 0 Å².